The maximum Gasteiger partial charge on any atom is 0.244 e. The summed E-state index contributed by atoms with van der Waals surface area (Å²) in [5.41, 5.74) is 2.57. The van der Waals surface area contributed by atoms with Gasteiger partial charge < -0.3 is 15.1 Å². The molecular formula is C25H32ClN7O2S. The van der Waals surface area contributed by atoms with Crippen molar-refractivity contribution in [1.29, 1.82) is 0 Å². The van der Waals surface area contributed by atoms with Gasteiger partial charge >= 0.3 is 0 Å². The number of benzene rings is 2. The predicted molar refractivity (Wildman–Crippen MR) is 145 cm³/mol. The van der Waals surface area contributed by atoms with E-state index in [0.717, 1.165) is 38.4 Å². The SMILES string of the molecule is CN1CCN(Cc2ccc(N(C)c3ncc(Cl)c(Nc4ccccc4S(=O)(=O)N(C)C)n3)cc2)CC1. The van der Waals surface area contributed by atoms with Gasteiger partial charge in [0.1, 0.15) is 9.92 Å². The molecule has 0 spiro atoms. The van der Waals surface area contributed by atoms with E-state index in [2.05, 4.69) is 56.4 Å². The first-order valence-corrected chi connectivity index (χ1v) is 13.5. The van der Waals surface area contributed by atoms with Crippen molar-refractivity contribution in [3.63, 3.8) is 0 Å². The van der Waals surface area contributed by atoms with Crippen LogP contribution in [-0.2, 0) is 16.6 Å². The molecule has 1 aliphatic rings. The van der Waals surface area contributed by atoms with Crippen LogP contribution in [0.15, 0.2) is 59.6 Å². The first-order valence-electron chi connectivity index (χ1n) is 11.7. The van der Waals surface area contributed by atoms with Crippen LogP contribution in [0, 0.1) is 0 Å². The maximum absolute atomic E-state index is 12.8. The van der Waals surface area contributed by atoms with E-state index >= 15 is 0 Å². The smallest absolute Gasteiger partial charge is 0.244 e. The van der Waals surface area contributed by atoms with Crippen LogP contribution in [-0.4, -0.2) is 86.9 Å². The Kier molecular flexibility index (Phi) is 8.11. The summed E-state index contributed by atoms with van der Waals surface area (Å²) in [5.74, 6) is 0.753. The van der Waals surface area contributed by atoms with Gasteiger partial charge in [0.05, 0.1) is 11.9 Å². The number of anilines is 4. The fraction of sp³-hybridized carbons (Fsp3) is 0.360. The van der Waals surface area contributed by atoms with Crippen LogP contribution < -0.4 is 10.2 Å². The minimum Gasteiger partial charge on any atom is -0.338 e. The largest absolute Gasteiger partial charge is 0.338 e. The Morgan fingerprint density at radius 2 is 1.67 bits per heavy atom. The number of likely N-dealkylation sites (N-methyl/N-ethyl adjacent to an activating group) is 1. The molecule has 2 aromatic carbocycles. The standard InChI is InChI=1S/C25H32ClN7O2S/c1-30(2)36(34,35)23-8-6-5-7-22(23)28-24-21(26)17-27-25(29-24)32(4)20-11-9-19(10-12-20)18-33-15-13-31(3)14-16-33/h5-12,17H,13-16,18H2,1-4H3,(H,27,28,29). The molecular weight excluding hydrogens is 498 g/mol. The van der Waals surface area contributed by atoms with E-state index in [0.29, 0.717) is 17.5 Å². The molecule has 11 heteroatoms. The number of halogens is 1. The lowest BCUT2D eigenvalue weighted by Gasteiger charge is -2.32. The summed E-state index contributed by atoms with van der Waals surface area (Å²) in [6.45, 7) is 5.27. The molecule has 0 unspecified atom stereocenters. The summed E-state index contributed by atoms with van der Waals surface area (Å²) in [6.07, 6.45) is 1.51. The van der Waals surface area contributed by atoms with E-state index in [1.807, 2.05) is 11.9 Å². The highest BCUT2D eigenvalue weighted by Crippen LogP contribution is 2.31. The number of rotatable bonds is 8. The molecule has 1 fully saturated rings. The van der Waals surface area contributed by atoms with Gasteiger partial charge in [-0.1, -0.05) is 35.9 Å². The van der Waals surface area contributed by atoms with E-state index in [9.17, 15) is 8.42 Å². The Hall–Kier alpha value is -2.76. The fourth-order valence-corrected chi connectivity index (χ4v) is 5.11. The highest BCUT2D eigenvalue weighted by atomic mass is 35.5. The predicted octanol–water partition coefficient (Wildman–Crippen LogP) is 3.64. The second-order valence-electron chi connectivity index (χ2n) is 9.08. The Labute approximate surface area is 218 Å². The number of nitrogens with one attached hydrogen (secondary N) is 1. The lowest BCUT2D eigenvalue weighted by molar-refractivity contribution is 0.148. The Morgan fingerprint density at radius 3 is 2.33 bits per heavy atom. The number of piperazine rings is 1. The van der Waals surface area contributed by atoms with Crippen LogP contribution >= 0.6 is 11.6 Å². The van der Waals surface area contributed by atoms with Crippen LogP contribution in [0.3, 0.4) is 0 Å². The van der Waals surface area contributed by atoms with Crippen LogP contribution in [0.2, 0.25) is 5.02 Å². The monoisotopic (exact) mass is 529 g/mol. The van der Waals surface area contributed by atoms with Gasteiger partial charge in [-0.2, -0.15) is 4.98 Å². The molecule has 1 aromatic heterocycles. The third-order valence-corrected chi connectivity index (χ3v) is 8.41. The summed E-state index contributed by atoms with van der Waals surface area (Å²) >= 11 is 6.37. The number of hydrogen-bond acceptors (Lipinski definition) is 8. The summed E-state index contributed by atoms with van der Waals surface area (Å²) in [5, 5.41) is 3.37. The van der Waals surface area contributed by atoms with Crippen molar-refractivity contribution in [3.8, 4) is 0 Å². The quantitative estimate of drug-likeness (QED) is 0.473. The second-order valence-corrected chi connectivity index (χ2v) is 11.6. The topological polar surface area (TPSA) is 84.9 Å². The van der Waals surface area contributed by atoms with Crippen LogP contribution in [0.25, 0.3) is 0 Å². The minimum absolute atomic E-state index is 0.135. The summed E-state index contributed by atoms with van der Waals surface area (Å²) in [4.78, 5) is 15.8. The zero-order chi connectivity index (χ0) is 25.9. The van der Waals surface area contributed by atoms with Gasteiger partial charge in [-0.15, -0.1) is 0 Å². The zero-order valence-corrected chi connectivity index (χ0v) is 22.6. The third-order valence-electron chi connectivity index (χ3n) is 6.26. The molecule has 1 saturated heterocycles. The zero-order valence-electron chi connectivity index (χ0n) is 21.0. The number of nitrogens with zero attached hydrogens (tertiary/aromatic N) is 6. The molecule has 1 N–H and O–H groups in total. The van der Waals surface area contributed by atoms with E-state index in [-0.39, 0.29) is 9.92 Å². The summed E-state index contributed by atoms with van der Waals surface area (Å²) < 4.78 is 26.7. The number of aromatic nitrogens is 2. The average molecular weight is 530 g/mol. The molecule has 192 valence electrons. The first-order chi connectivity index (χ1) is 17.1. The lowest BCUT2D eigenvalue weighted by atomic mass is 10.1. The van der Waals surface area contributed by atoms with Gasteiger partial charge in [-0.05, 0) is 36.9 Å². The van der Waals surface area contributed by atoms with E-state index in [4.69, 9.17) is 11.6 Å². The second kappa shape index (κ2) is 11.1. The first kappa shape index (κ1) is 26.3. The van der Waals surface area contributed by atoms with Crippen molar-refractivity contribution in [3.05, 3.63) is 65.3 Å². The third kappa shape index (κ3) is 5.96. The normalized spacial score (nSPS) is 15.3. The summed E-state index contributed by atoms with van der Waals surface area (Å²) in [6, 6.07) is 15.0. The van der Waals surface area contributed by atoms with Crippen molar-refractivity contribution >= 4 is 44.8 Å². The van der Waals surface area contributed by atoms with Crippen molar-refractivity contribution in [2.24, 2.45) is 0 Å². The van der Waals surface area contributed by atoms with Gasteiger partial charge in [-0.3, -0.25) is 4.90 Å². The van der Waals surface area contributed by atoms with E-state index in [1.165, 1.54) is 30.2 Å². The Morgan fingerprint density at radius 1 is 1.00 bits per heavy atom. The summed E-state index contributed by atoms with van der Waals surface area (Å²) in [7, 11) is 3.37. The van der Waals surface area contributed by atoms with E-state index < -0.39 is 10.0 Å². The van der Waals surface area contributed by atoms with Crippen molar-refractivity contribution in [2.45, 2.75) is 11.4 Å². The molecule has 0 radical (unpaired) electrons. The van der Waals surface area contributed by atoms with E-state index in [1.54, 1.807) is 24.3 Å². The molecule has 4 rings (SSSR count). The van der Waals surface area contributed by atoms with Gasteiger partial charge in [-0.25, -0.2) is 17.7 Å². The van der Waals surface area contributed by atoms with Gasteiger partial charge in [0.2, 0.25) is 16.0 Å². The highest BCUT2D eigenvalue weighted by molar-refractivity contribution is 7.89. The average Bonchev–Trinajstić information content (AvgIpc) is 2.87. The fourth-order valence-electron chi connectivity index (χ4n) is 3.93. The molecule has 0 aliphatic carbocycles. The molecule has 0 bridgehead atoms. The van der Waals surface area contributed by atoms with Crippen molar-refractivity contribution in [2.75, 3.05) is 64.6 Å². The van der Waals surface area contributed by atoms with Crippen molar-refractivity contribution in [1.82, 2.24) is 24.1 Å². The van der Waals surface area contributed by atoms with Crippen LogP contribution in [0.5, 0.6) is 0 Å². The molecule has 1 aliphatic heterocycles. The molecule has 0 amide bonds. The lowest BCUT2D eigenvalue weighted by Crippen LogP contribution is -2.43. The van der Waals surface area contributed by atoms with Gasteiger partial charge in [0.25, 0.3) is 0 Å². The highest BCUT2D eigenvalue weighted by Gasteiger charge is 2.22. The maximum atomic E-state index is 12.8. The molecule has 3 aromatic rings. The number of hydrogen-bond donors (Lipinski definition) is 1. The molecule has 9 nitrogen and oxygen atoms in total. The molecule has 36 heavy (non-hydrogen) atoms. The van der Waals surface area contributed by atoms with Gasteiger partial charge in [0, 0.05) is 59.6 Å². The molecule has 0 atom stereocenters. The Balaban J connectivity index is 1.52. The number of para-hydroxylation sites is 1. The van der Waals surface area contributed by atoms with Crippen LogP contribution in [0.1, 0.15) is 5.56 Å². The van der Waals surface area contributed by atoms with Gasteiger partial charge in [0.15, 0.2) is 5.82 Å². The molecule has 2 heterocycles. The van der Waals surface area contributed by atoms with Crippen molar-refractivity contribution < 1.29 is 8.42 Å². The number of sulfonamides is 1. The minimum atomic E-state index is -3.66. The molecule has 0 saturated carbocycles. The van der Waals surface area contributed by atoms with Crippen LogP contribution in [0.4, 0.5) is 23.1 Å². The Bertz CT molecular complexity index is 1290.